The van der Waals surface area contributed by atoms with Crippen molar-refractivity contribution in [3.63, 3.8) is 0 Å². The molecule has 106 valence electrons. The van der Waals surface area contributed by atoms with E-state index >= 15 is 0 Å². The molecule has 0 aliphatic carbocycles. The van der Waals surface area contributed by atoms with Gasteiger partial charge in [0, 0.05) is 6.20 Å². The predicted octanol–water partition coefficient (Wildman–Crippen LogP) is 2.24. The highest BCUT2D eigenvalue weighted by Gasteiger charge is 2.13. The van der Waals surface area contributed by atoms with Gasteiger partial charge in [0.05, 0.1) is 24.5 Å². The van der Waals surface area contributed by atoms with Gasteiger partial charge in [0.15, 0.2) is 0 Å². The molecule has 1 atom stereocenters. The van der Waals surface area contributed by atoms with E-state index in [1.165, 1.54) is 29.2 Å². The zero-order valence-corrected chi connectivity index (χ0v) is 11.2. The first-order valence-corrected chi connectivity index (χ1v) is 6.22. The van der Waals surface area contributed by atoms with Crippen LogP contribution < -0.4 is 0 Å². The summed E-state index contributed by atoms with van der Waals surface area (Å²) in [5, 5.41) is 13.3. The van der Waals surface area contributed by atoms with Gasteiger partial charge in [-0.25, -0.2) is 13.9 Å². The molecule has 0 aliphatic heterocycles. The molecule has 0 unspecified atom stereocenters. The Kier molecular flexibility index (Phi) is 4.14. The first-order chi connectivity index (χ1) is 9.52. The monoisotopic (exact) mass is 278 g/mol. The highest BCUT2D eigenvalue weighted by molar-refractivity contribution is 5.88. The summed E-state index contributed by atoms with van der Waals surface area (Å²) < 4.78 is 20.1. The number of esters is 1. The minimum absolute atomic E-state index is 0.199. The Morgan fingerprint density at radius 1 is 1.55 bits per heavy atom. The largest absolute Gasteiger partial charge is 0.462 e. The normalized spacial score (nSPS) is 12.2. The number of aromatic nitrogens is 2. The van der Waals surface area contributed by atoms with E-state index in [2.05, 4.69) is 5.10 Å². The molecule has 0 bridgehead atoms. The Labute approximate surface area is 115 Å². The van der Waals surface area contributed by atoms with Crippen molar-refractivity contribution in [2.45, 2.75) is 20.0 Å². The summed E-state index contributed by atoms with van der Waals surface area (Å²) in [5.74, 6) is -1.03. The lowest BCUT2D eigenvalue weighted by atomic mass is 10.1. The second-order valence-corrected chi connectivity index (χ2v) is 4.28. The number of carbonyl (C=O) groups is 1. The molecule has 0 fully saturated rings. The number of ether oxygens (including phenoxy) is 1. The summed E-state index contributed by atoms with van der Waals surface area (Å²) in [5.41, 5.74) is 0.930. The molecule has 1 N–H and O–H groups in total. The third kappa shape index (κ3) is 2.85. The molecule has 0 aliphatic rings. The fourth-order valence-electron chi connectivity index (χ4n) is 1.74. The van der Waals surface area contributed by atoms with E-state index in [4.69, 9.17) is 4.74 Å². The van der Waals surface area contributed by atoms with Crippen LogP contribution in [0.3, 0.4) is 0 Å². The highest BCUT2D eigenvalue weighted by atomic mass is 19.1. The molecule has 0 amide bonds. The average molecular weight is 278 g/mol. The van der Waals surface area contributed by atoms with Crippen molar-refractivity contribution >= 4 is 5.97 Å². The van der Waals surface area contributed by atoms with Crippen LogP contribution in [-0.4, -0.2) is 27.5 Å². The first-order valence-electron chi connectivity index (χ1n) is 6.22. The molecule has 0 spiro atoms. The highest BCUT2D eigenvalue weighted by Crippen LogP contribution is 2.19. The lowest BCUT2D eigenvalue weighted by Crippen LogP contribution is -2.04. The number of aliphatic hydroxyl groups is 1. The number of nitrogens with zero attached hydrogens (tertiary/aromatic N) is 2. The van der Waals surface area contributed by atoms with Crippen molar-refractivity contribution in [3.8, 4) is 5.69 Å². The Hall–Kier alpha value is -2.21. The average Bonchev–Trinajstić information content (AvgIpc) is 2.88. The lowest BCUT2D eigenvalue weighted by Gasteiger charge is -2.08. The quantitative estimate of drug-likeness (QED) is 0.871. The van der Waals surface area contributed by atoms with Gasteiger partial charge in [0.2, 0.25) is 0 Å². The molecule has 0 saturated carbocycles. The van der Waals surface area contributed by atoms with Gasteiger partial charge < -0.3 is 9.84 Å². The maximum absolute atomic E-state index is 14.0. The summed E-state index contributed by atoms with van der Waals surface area (Å²) in [6.45, 7) is 3.53. The van der Waals surface area contributed by atoms with Crippen molar-refractivity contribution in [2.75, 3.05) is 6.61 Å². The van der Waals surface area contributed by atoms with Crippen molar-refractivity contribution in [2.24, 2.45) is 0 Å². The van der Waals surface area contributed by atoms with Crippen LogP contribution in [0, 0.1) is 5.82 Å². The van der Waals surface area contributed by atoms with Crippen LogP contribution >= 0.6 is 0 Å². The standard InChI is InChI=1S/C14H15FN2O3/c1-3-20-14(19)11-7-16-17(8-11)13-5-4-10(9(2)18)6-12(13)15/h4-9,18H,3H2,1-2H3/t9-/m0/s1. The van der Waals surface area contributed by atoms with Gasteiger partial charge in [-0.1, -0.05) is 6.07 Å². The zero-order valence-electron chi connectivity index (χ0n) is 11.2. The maximum Gasteiger partial charge on any atom is 0.341 e. The zero-order chi connectivity index (χ0) is 14.7. The Balaban J connectivity index is 2.30. The number of rotatable bonds is 4. The van der Waals surface area contributed by atoms with Gasteiger partial charge in [0.25, 0.3) is 0 Å². The lowest BCUT2D eigenvalue weighted by molar-refractivity contribution is 0.0526. The number of carbonyl (C=O) groups excluding carboxylic acids is 1. The third-order valence-corrected chi connectivity index (χ3v) is 2.79. The van der Waals surface area contributed by atoms with E-state index in [1.807, 2.05) is 0 Å². The number of halogens is 1. The van der Waals surface area contributed by atoms with Gasteiger partial charge in [-0.05, 0) is 31.5 Å². The van der Waals surface area contributed by atoms with Gasteiger partial charge >= 0.3 is 5.97 Å². The minimum atomic E-state index is -0.744. The number of benzene rings is 1. The Bertz CT molecular complexity index is 623. The van der Waals surface area contributed by atoms with E-state index < -0.39 is 17.9 Å². The van der Waals surface area contributed by atoms with Gasteiger partial charge in [0.1, 0.15) is 11.5 Å². The van der Waals surface area contributed by atoms with Crippen LogP contribution in [0.15, 0.2) is 30.6 Å². The molecular weight excluding hydrogens is 263 g/mol. The molecule has 1 aromatic heterocycles. The molecule has 5 nitrogen and oxygen atoms in total. The Morgan fingerprint density at radius 2 is 2.30 bits per heavy atom. The summed E-state index contributed by atoms with van der Waals surface area (Å²) in [6.07, 6.45) is 1.98. The predicted molar refractivity (Wildman–Crippen MR) is 70.1 cm³/mol. The van der Waals surface area contributed by atoms with Crippen LogP contribution in [0.25, 0.3) is 5.69 Å². The second kappa shape index (κ2) is 5.83. The van der Waals surface area contributed by atoms with E-state index in [9.17, 15) is 14.3 Å². The third-order valence-electron chi connectivity index (χ3n) is 2.79. The molecule has 0 saturated heterocycles. The minimum Gasteiger partial charge on any atom is -0.462 e. The smallest absolute Gasteiger partial charge is 0.341 e. The summed E-state index contributed by atoms with van der Waals surface area (Å²) in [7, 11) is 0. The maximum atomic E-state index is 14.0. The van der Waals surface area contributed by atoms with Gasteiger partial charge in [-0.15, -0.1) is 0 Å². The van der Waals surface area contributed by atoms with E-state index in [1.54, 1.807) is 19.9 Å². The van der Waals surface area contributed by atoms with E-state index in [0.717, 1.165) is 0 Å². The summed E-state index contributed by atoms with van der Waals surface area (Å²) in [4.78, 5) is 11.5. The molecule has 6 heteroatoms. The molecule has 1 heterocycles. The van der Waals surface area contributed by atoms with Crippen LogP contribution in [0.2, 0.25) is 0 Å². The van der Waals surface area contributed by atoms with Crippen molar-refractivity contribution in [1.82, 2.24) is 9.78 Å². The summed E-state index contributed by atoms with van der Waals surface area (Å²) >= 11 is 0. The molecule has 0 radical (unpaired) electrons. The Morgan fingerprint density at radius 3 is 2.90 bits per heavy atom. The van der Waals surface area contributed by atoms with E-state index in [0.29, 0.717) is 5.56 Å². The molecule has 1 aromatic carbocycles. The van der Waals surface area contributed by atoms with E-state index in [-0.39, 0.29) is 17.9 Å². The van der Waals surface area contributed by atoms with Gasteiger partial charge in [-0.3, -0.25) is 0 Å². The van der Waals surface area contributed by atoms with Crippen molar-refractivity contribution in [1.29, 1.82) is 0 Å². The molecule has 2 aromatic rings. The summed E-state index contributed by atoms with van der Waals surface area (Å²) in [6, 6.07) is 4.35. The second-order valence-electron chi connectivity index (χ2n) is 4.28. The topological polar surface area (TPSA) is 64.3 Å². The fraction of sp³-hybridized carbons (Fsp3) is 0.286. The number of hydrogen-bond acceptors (Lipinski definition) is 4. The fourth-order valence-corrected chi connectivity index (χ4v) is 1.74. The van der Waals surface area contributed by atoms with Crippen LogP contribution in [0.4, 0.5) is 4.39 Å². The SMILES string of the molecule is CCOC(=O)c1cnn(-c2ccc([C@H](C)O)cc2F)c1. The first kappa shape index (κ1) is 14.2. The molecule has 20 heavy (non-hydrogen) atoms. The van der Waals surface area contributed by atoms with Crippen LogP contribution in [0.5, 0.6) is 0 Å². The molecular formula is C14H15FN2O3. The number of hydrogen-bond donors (Lipinski definition) is 1. The van der Waals surface area contributed by atoms with Crippen molar-refractivity contribution < 1.29 is 19.0 Å². The van der Waals surface area contributed by atoms with Crippen molar-refractivity contribution in [3.05, 3.63) is 47.5 Å². The van der Waals surface area contributed by atoms with Crippen LogP contribution in [-0.2, 0) is 4.74 Å². The van der Waals surface area contributed by atoms with Crippen LogP contribution in [0.1, 0.15) is 35.9 Å². The number of aliphatic hydroxyl groups excluding tert-OH is 1. The molecule has 2 rings (SSSR count). The van der Waals surface area contributed by atoms with Gasteiger partial charge in [-0.2, -0.15) is 5.10 Å².